The quantitative estimate of drug-likeness (QED) is 0.844. The third kappa shape index (κ3) is 2.16. The minimum absolute atomic E-state index is 0.0664. The molecule has 2 aromatic rings. The molecule has 0 saturated carbocycles. The van der Waals surface area contributed by atoms with Crippen LogP contribution in [0.4, 0.5) is 0 Å². The fourth-order valence-corrected chi connectivity index (χ4v) is 3.87. The van der Waals surface area contributed by atoms with Crippen LogP contribution < -0.4 is 5.73 Å². The van der Waals surface area contributed by atoms with Gasteiger partial charge in [-0.1, -0.05) is 23.2 Å². The van der Waals surface area contributed by atoms with Gasteiger partial charge in [-0.3, -0.25) is 0 Å². The second-order valence-corrected chi connectivity index (χ2v) is 6.38. The van der Waals surface area contributed by atoms with Crippen molar-refractivity contribution in [2.45, 2.75) is 25.3 Å². The largest absolute Gasteiger partial charge is 0.323 e. The number of aromatic nitrogens is 1. The number of nitrogens with zero attached hydrogens (tertiary/aromatic N) is 1. The van der Waals surface area contributed by atoms with Gasteiger partial charge in [-0.15, -0.1) is 11.3 Å². The van der Waals surface area contributed by atoms with Crippen molar-refractivity contribution in [1.29, 1.82) is 0 Å². The van der Waals surface area contributed by atoms with Crippen molar-refractivity contribution in [3.05, 3.63) is 38.8 Å². The molecule has 1 aliphatic carbocycles. The zero-order chi connectivity index (χ0) is 12.7. The number of hydrogen-bond acceptors (Lipinski definition) is 3. The van der Waals surface area contributed by atoms with E-state index >= 15 is 0 Å². The highest BCUT2D eigenvalue weighted by Crippen LogP contribution is 2.39. The summed E-state index contributed by atoms with van der Waals surface area (Å²) in [7, 11) is 0. The first-order chi connectivity index (χ1) is 8.65. The van der Waals surface area contributed by atoms with Gasteiger partial charge in [0.15, 0.2) is 0 Å². The van der Waals surface area contributed by atoms with Crippen LogP contribution in [0.5, 0.6) is 0 Å². The summed E-state index contributed by atoms with van der Waals surface area (Å²) in [5.74, 6) is 0. The van der Waals surface area contributed by atoms with Crippen LogP contribution >= 0.6 is 34.5 Å². The van der Waals surface area contributed by atoms with Crippen molar-refractivity contribution in [1.82, 2.24) is 4.98 Å². The average molecular weight is 299 g/mol. The van der Waals surface area contributed by atoms with Gasteiger partial charge >= 0.3 is 0 Å². The van der Waals surface area contributed by atoms with Crippen LogP contribution in [0.15, 0.2) is 18.2 Å². The van der Waals surface area contributed by atoms with E-state index in [1.165, 1.54) is 4.88 Å². The normalized spacial score (nSPS) is 18.7. The van der Waals surface area contributed by atoms with E-state index in [1.54, 1.807) is 23.5 Å². The fraction of sp³-hybridized carbons (Fsp3) is 0.308. The van der Waals surface area contributed by atoms with Gasteiger partial charge in [-0.2, -0.15) is 0 Å². The highest BCUT2D eigenvalue weighted by molar-refractivity contribution is 7.15. The third-order valence-electron chi connectivity index (χ3n) is 3.16. The summed E-state index contributed by atoms with van der Waals surface area (Å²) >= 11 is 13.9. The molecule has 0 amide bonds. The lowest BCUT2D eigenvalue weighted by Crippen LogP contribution is -2.16. The molecule has 3 rings (SSSR count). The van der Waals surface area contributed by atoms with Gasteiger partial charge < -0.3 is 5.73 Å². The van der Waals surface area contributed by atoms with Crippen molar-refractivity contribution in [3.8, 4) is 10.6 Å². The second-order valence-electron chi connectivity index (χ2n) is 4.45. The Bertz CT molecular complexity index is 595. The molecule has 0 fully saturated rings. The zero-order valence-corrected chi connectivity index (χ0v) is 11.9. The predicted octanol–water partition coefficient (Wildman–Crippen LogP) is 4.45. The van der Waals surface area contributed by atoms with E-state index in [9.17, 15) is 0 Å². The Morgan fingerprint density at radius 2 is 2.17 bits per heavy atom. The van der Waals surface area contributed by atoms with Crippen molar-refractivity contribution < 1.29 is 0 Å². The number of aryl methyl sites for hydroxylation is 1. The summed E-state index contributed by atoms with van der Waals surface area (Å²) in [6.07, 6.45) is 3.22. The molecule has 1 atom stereocenters. The summed E-state index contributed by atoms with van der Waals surface area (Å²) in [5, 5.41) is 2.27. The van der Waals surface area contributed by atoms with Crippen molar-refractivity contribution >= 4 is 34.5 Å². The molecular weight excluding hydrogens is 287 g/mol. The maximum Gasteiger partial charge on any atom is 0.125 e. The molecule has 18 heavy (non-hydrogen) atoms. The van der Waals surface area contributed by atoms with Crippen LogP contribution in [0.3, 0.4) is 0 Å². The van der Waals surface area contributed by atoms with Crippen molar-refractivity contribution in [3.63, 3.8) is 0 Å². The van der Waals surface area contributed by atoms with Crippen LogP contribution in [-0.2, 0) is 6.42 Å². The van der Waals surface area contributed by atoms with Crippen molar-refractivity contribution in [2.24, 2.45) is 5.73 Å². The standard InChI is InChI=1S/C13H12Cl2N2S/c14-7-4-5-9(15)8(6-7)13-17-12-10(16)2-1-3-11(12)18-13/h4-6,10H,1-3,16H2. The van der Waals surface area contributed by atoms with E-state index in [0.717, 1.165) is 35.5 Å². The van der Waals surface area contributed by atoms with E-state index in [1.807, 2.05) is 6.07 Å². The number of benzene rings is 1. The average Bonchev–Trinajstić information content (AvgIpc) is 2.77. The highest BCUT2D eigenvalue weighted by atomic mass is 35.5. The fourth-order valence-electron chi connectivity index (χ4n) is 2.23. The van der Waals surface area contributed by atoms with E-state index in [0.29, 0.717) is 10.0 Å². The van der Waals surface area contributed by atoms with Gasteiger partial charge in [0, 0.05) is 21.5 Å². The Labute approximate surface area is 120 Å². The minimum Gasteiger partial charge on any atom is -0.323 e. The molecule has 2 nitrogen and oxygen atoms in total. The maximum atomic E-state index is 6.21. The van der Waals surface area contributed by atoms with Crippen molar-refractivity contribution in [2.75, 3.05) is 0 Å². The summed E-state index contributed by atoms with van der Waals surface area (Å²) < 4.78 is 0. The number of nitrogens with two attached hydrogens (primary N) is 1. The molecule has 0 bridgehead atoms. The van der Waals surface area contributed by atoms with Gasteiger partial charge in [0.25, 0.3) is 0 Å². The van der Waals surface area contributed by atoms with Crippen LogP contribution in [0.25, 0.3) is 10.6 Å². The molecule has 5 heteroatoms. The number of rotatable bonds is 1. The van der Waals surface area contributed by atoms with E-state index in [2.05, 4.69) is 4.98 Å². The first-order valence-electron chi connectivity index (χ1n) is 5.86. The van der Waals surface area contributed by atoms with Crippen LogP contribution in [0.2, 0.25) is 10.0 Å². The molecule has 94 valence electrons. The number of fused-ring (bicyclic) bond motifs is 1. The van der Waals surface area contributed by atoms with Gasteiger partial charge in [0.1, 0.15) is 5.01 Å². The summed E-state index contributed by atoms with van der Waals surface area (Å²) in [6.45, 7) is 0. The minimum atomic E-state index is 0.0664. The summed E-state index contributed by atoms with van der Waals surface area (Å²) in [5.41, 5.74) is 8.03. The van der Waals surface area contributed by atoms with Gasteiger partial charge in [0.2, 0.25) is 0 Å². The molecule has 1 heterocycles. The number of halogens is 2. The van der Waals surface area contributed by atoms with E-state index in [-0.39, 0.29) is 6.04 Å². The molecular formula is C13H12Cl2N2S. The zero-order valence-electron chi connectivity index (χ0n) is 9.62. The molecule has 0 radical (unpaired) electrons. The summed E-state index contributed by atoms with van der Waals surface area (Å²) in [4.78, 5) is 5.95. The molecule has 1 aliphatic rings. The highest BCUT2D eigenvalue weighted by Gasteiger charge is 2.22. The predicted molar refractivity (Wildman–Crippen MR) is 77.4 cm³/mol. The molecule has 0 saturated heterocycles. The maximum absolute atomic E-state index is 6.21. The number of hydrogen-bond donors (Lipinski definition) is 1. The van der Waals surface area contributed by atoms with Gasteiger partial charge in [-0.05, 0) is 37.5 Å². The lowest BCUT2D eigenvalue weighted by Gasteiger charge is -2.15. The monoisotopic (exact) mass is 298 g/mol. The smallest absolute Gasteiger partial charge is 0.125 e. The molecule has 1 aromatic heterocycles. The Hall–Kier alpha value is -0.610. The second kappa shape index (κ2) is 4.82. The lowest BCUT2D eigenvalue weighted by atomic mass is 9.99. The first kappa shape index (κ1) is 12.4. The molecule has 1 unspecified atom stereocenters. The molecule has 0 aliphatic heterocycles. The Morgan fingerprint density at radius 1 is 1.33 bits per heavy atom. The third-order valence-corrected chi connectivity index (χ3v) is 4.89. The van der Waals surface area contributed by atoms with Crippen LogP contribution in [-0.4, -0.2) is 4.98 Å². The van der Waals surface area contributed by atoms with E-state index in [4.69, 9.17) is 28.9 Å². The van der Waals surface area contributed by atoms with Crippen LogP contribution in [0.1, 0.15) is 29.5 Å². The Balaban J connectivity index is 2.10. The van der Waals surface area contributed by atoms with Crippen LogP contribution in [0, 0.1) is 0 Å². The van der Waals surface area contributed by atoms with Gasteiger partial charge in [0.05, 0.1) is 10.7 Å². The van der Waals surface area contributed by atoms with Gasteiger partial charge in [-0.25, -0.2) is 4.98 Å². The lowest BCUT2D eigenvalue weighted by molar-refractivity contribution is 0.564. The topological polar surface area (TPSA) is 38.9 Å². The Morgan fingerprint density at radius 3 is 2.94 bits per heavy atom. The molecule has 2 N–H and O–H groups in total. The molecule has 0 spiro atoms. The van der Waals surface area contributed by atoms with E-state index < -0.39 is 0 Å². The molecule has 1 aromatic carbocycles. The summed E-state index contributed by atoms with van der Waals surface area (Å²) in [6, 6.07) is 5.52. The SMILES string of the molecule is NC1CCCc2sc(-c3cc(Cl)ccc3Cl)nc21. The first-order valence-corrected chi connectivity index (χ1v) is 7.43. The number of thiazole rings is 1. The Kier molecular flexibility index (Phi) is 3.32.